The van der Waals surface area contributed by atoms with Crippen molar-refractivity contribution in [3.05, 3.63) is 39.4 Å². The molecule has 0 saturated heterocycles. The van der Waals surface area contributed by atoms with Crippen LogP contribution >= 0.6 is 0 Å². The first-order valence-corrected chi connectivity index (χ1v) is 8.01. The van der Waals surface area contributed by atoms with Crippen molar-refractivity contribution in [1.29, 1.82) is 0 Å². The predicted octanol–water partition coefficient (Wildman–Crippen LogP) is 3.46. The molecule has 0 heterocycles. The van der Waals surface area contributed by atoms with Crippen LogP contribution in [0.25, 0.3) is 0 Å². The Labute approximate surface area is 130 Å². The van der Waals surface area contributed by atoms with Gasteiger partial charge in [-0.05, 0) is 56.9 Å². The van der Waals surface area contributed by atoms with E-state index in [0.717, 1.165) is 11.8 Å². The number of hydrogen-bond donors (Lipinski definition) is 1. The Hall–Kier alpha value is -1.91. The lowest BCUT2D eigenvalue weighted by atomic mass is 9.84. The van der Waals surface area contributed by atoms with E-state index in [4.69, 9.17) is 0 Å². The number of nitro groups is 1. The summed E-state index contributed by atoms with van der Waals surface area (Å²) >= 11 is 0. The van der Waals surface area contributed by atoms with E-state index in [1.165, 1.54) is 31.7 Å². The van der Waals surface area contributed by atoms with E-state index in [-0.39, 0.29) is 17.6 Å². The van der Waals surface area contributed by atoms with E-state index in [1.54, 1.807) is 19.1 Å². The molecule has 118 valence electrons. The number of amides is 1. The Morgan fingerprint density at radius 3 is 2.73 bits per heavy atom. The summed E-state index contributed by atoms with van der Waals surface area (Å²) in [6.45, 7) is 3.74. The number of carbonyl (C=O) groups is 1. The van der Waals surface area contributed by atoms with E-state index in [1.807, 2.05) is 0 Å². The minimum atomic E-state index is -0.439. The monoisotopic (exact) mass is 302 g/mol. The van der Waals surface area contributed by atoms with Gasteiger partial charge in [0.2, 0.25) is 0 Å². The fraction of sp³-hybridized carbons (Fsp3) is 0.588. The third kappa shape index (κ3) is 2.72. The molecule has 4 unspecified atom stereocenters. The third-order valence-corrected chi connectivity index (χ3v) is 5.46. The van der Waals surface area contributed by atoms with Gasteiger partial charge in [-0.25, -0.2) is 0 Å². The second-order valence-electron chi connectivity index (χ2n) is 6.86. The topological polar surface area (TPSA) is 72.2 Å². The molecule has 1 aromatic rings. The number of hydrogen-bond acceptors (Lipinski definition) is 3. The lowest BCUT2D eigenvalue weighted by Crippen LogP contribution is -2.40. The Morgan fingerprint density at radius 2 is 2.14 bits per heavy atom. The largest absolute Gasteiger partial charge is 0.349 e. The fourth-order valence-corrected chi connectivity index (χ4v) is 4.25. The Bertz CT molecular complexity index is 614. The van der Waals surface area contributed by atoms with Crippen LogP contribution in [0.1, 0.15) is 48.5 Å². The van der Waals surface area contributed by atoms with E-state index >= 15 is 0 Å². The van der Waals surface area contributed by atoms with Crippen molar-refractivity contribution in [3.8, 4) is 0 Å². The summed E-state index contributed by atoms with van der Waals surface area (Å²) in [6.07, 6.45) is 5.14. The van der Waals surface area contributed by atoms with Gasteiger partial charge < -0.3 is 5.32 Å². The highest BCUT2D eigenvalue weighted by molar-refractivity contribution is 5.95. The van der Waals surface area contributed by atoms with Crippen LogP contribution in [-0.4, -0.2) is 16.9 Å². The zero-order valence-corrected chi connectivity index (χ0v) is 13.0. The van der Waals surface area contributed by atoms with Gasteiger partial charge in [0.05, 0.1) is 4.92 Å². The van der Waals surface area contributed by atoms with Gasteiger partial charge in [-0.3, -0.25) is 14.9 Å². The van der Waals surface area contributed by atoms with Crippen molar-refractivity contribution in [2.24, 2.45) is 17.8 Å². The molecule has 2 bridgehead atoms. The third-order valence-electron chi connectivity index (χ3n) is 5.46. The van der Waals surface area contributed by atoms with E-state index < -0.39 is 4.92 Å². The molecule has 0 aliphatic heterocycles. The molecule has 2 aliphatic carbocycles. The zero-order valence-electron chi connectivity index (χ0n) is 13.0. The molecule has 2 saturated carbocycles. The number of benzene rings is 1. The van der Waals surface area contributed by atoms with Gasteiger partial charge in [0, 0.05) is 23.2 Å². The summed E-state index contributed by atoms with van der Waals surface area (Å²) in [6, 6.07) is 4.79. The summed E-state index contributed by atoms with van der Waals surface area (Å²) < 4.78 is 0. The molecule has 0 spiro atoms. The first-order chi connectivity index (χ1) is 10.5. The zero-order chi connectivity index (χ0) is 15.9. The molecule has 22 heavy (non-hydrogen) atoms. The summed E-state index contributed by atoms with van der Waals surface area (Å²) in [4.78, 5) is 22.9. The van der Waals surface area contributed by atoms with E-state index in [2.05, 4.69) is 12.2 Å². The van der Waals surface area contributed by atoms with Crippen LogP contribution in [-0.2, 0) is 0 Å². The molecular weight excluding hydrogens is 280 g/mol. The van der Waals surface area contributed by atoms with E-state index in [9.17, 15) is 14.9 Å². The van der Waals surface area contributed by atoms with Crippen molar-refractivity contribution in [1.82, 2.24) is 5.32 Å². The fourth-order valence-electron chi connectivity index (χ4n) is 4.25. The predicted molar refractivity (Wildman–Crippen MR) is 83.7 cm³/mol. The quantitative estimate of drug-likeness (QED) is 0.684. The SMILES string of the molecule is Cc1ccc(C(=O)NC(C)C2CC3CCC2C3)cc1[N+](=O)[O-]. The van der Waals surface area contributed by atoms with Crippen LogP contribution in [0.4, 0.5) is 5.69 Å². The molecule has 1 aromatic carbocycles. The lowest BCUT2D eigenvalue weighted by Gasteiger charge is -2.28. The van der Waals surface area contributed by atoms with Crippen molar-refractivity contribution in [3.63, 3.8) is 0 Å². The first kappa shape index (κ1) is 15.0. The van der Waals surface area contributed by atoms with Crippen LogP contribution < -0.4 is 5.32 Å². The molecule has 1 N–H and O–H groups in total. The van der Waals surface area contributed by atoms with Crippen molar-refractivity contribution in [2.75, 3.05) is 0 Å². The summed E-state index contributed by atoms with van der Waals surface area (Å²) in [5, 5.41) is 14.0. The standard InChI is InChI=1S/C17H22N2O3/c1-10-3-5-14(9-16(10)19(21)22)17(20)18-11(2)15-8-12-4-6-13(15)7-12/h3,5,9,11-13,15H,4,6-8H2,1-2H3,(H,18,20). The number of nitrogens with zero attached hydrogens (tertiary/aromatic N) is 1. The average molecular weight is 302 g/mol. The Kier molecular flexibility index (Phi) is 3.89. The molecule has 5 heteroatoms. The highest BCUT2D eigenvalue weighted by Gasteiger charge is 2.42. The maximum Gasteiger partial charge on any atom is 0.273 e. The number of fused-ring (bicyclic) bond motifs is 2. The highest BCUT2D eigenvalue weighted by Crippen LogP contribution is 2.49. The normalized spacial score (nSPS) is 27.6. The molecule has 2 aliphatic rings. The number of nitrogens with one attached hydrogen (secondary N) is 1. The highest BCUT2D eigenvalue weighted by atomic mass is 16.6. The van der Waals surface area contributed by atoms with Crippen LogP contribution in [0.3, 0.4) is 0 Å². The van der Waals surface area contributed by atoms with Gasteiger partial charge in [0.1, 0.15) is 0 Å². The van der Waals surface area contributed by atoms with E-state index in [0.29, 0.717) is 17.0 Å². The number of rotatable bonds is 4. The van der Waals surface area contributed by atoms with Gasteiger partial charge in [0.15, 0.2) is 0 Å². The smallest absolute Gasteiger partial charge is 0.273 e. The minimum absolute atomic E-state index is 0.000210. The van der Waals surface area contributed by atoms with Crippen LogP contribution in [0, 0.1) is 34.8 Å². The second kappa shape index (κ2) is 5.71. The average Bonchev–Trinajstić information content (AvgIpc) is 3.09. The van der Waals surface area contributed by atoms with Crippen LogP contribution in [0.5, 0.6) is 0 Å². The van der Waals surface area contributed by atoms with Crippen molar-refractivity contribution in [2.45, 2.75) is 45.6 Å². The van der Waals surface area contributed by atoms with Crippen LogP contribution in [0.15, 0.2) is 18.2 Å². The summed E-state index contributed by atoms with van der Waals surface area (Å²) in [5.74, 6) is 1.93. The van der Waals surface area contributed by atoms with Gasteiger partial charge in [-0.1, -0.05) is 12.5 Å². The molecule has 4 atom stereocenters. The van der Waals surface area contributed by atoms with Gasteiger partial charge in [0.25, 0.3) is 11.6 Å². The second-order valence-corrected chi connectivity index (χ2v) is 6.86. The van der Waals surface area contributed by atoms with Crippen molar-refractivity contribution >= 4 is 11.6 Å². The van der Waals surface area contributed by atoms with Crippen LogP contribution in [0.2, 0.25) is 0 Å². The Balaban J connectivity index is 1.69. The van der Waals surface area contributed by atoms with Gasteiger partial charge in [-0.15, -0.1) is 0 Å². The van der Waals surface area contributed by atoms with Gasteiger partial charge in [-0.2, -0.15) is 0 Å². The number of nitro benzene ring substituents is 1. The summed E-state index contributed by atoms with van der Waals surface area (Å²) in [7, 11) is 0. The molecule has 1 amide bonds. The lowest BCUT2D eigenvalue weighted by molar-refractivity contribution is -0.385. The maximum absolute atomic E-state index is 12.4. The number of aryl methyl sites for hydroxylation is 1. The maximum atomic E-state index is 12.4. The molecule has 3 rings (SSSR count). The molecule has 2 fully saturated rings. The summed E-state index contributed by atoms with van der Waals surface area (Å²) in [5.41, 5.74) is 0.940. The molecule has 0 radical (unpaired) electrons. The van der Waals surface area contributed by atoms with Crippen molar-refractivity contribution < 1.29 is 9.72 Å². The first-order valence-electron chi connectivity index (χ1n) is 8.01. The molecular formula is C17H22N2O3. The van der Waals surface area contributed by atoms with Gasteiger partial charge >= 0.3 is 0 Å². The Morgan fingerprint density at radius 1 is 1.36 bits per heavy atom. The molecule has 0 aromatic heterocycles. The molecule has 5 nitrogen and oxygen atoms in total. The minimum Gasteiger partial charge on any atom is -0.349 e. The number of carbonyl (C=O) groups excluding carboxylic acids is 1.